The summed E-state index contributed by atoms with van der Waals surface area (Å²) in [6, 6.07) is 1.96. The molecule has 3 nitrogen and oxygen atoms in total. The van der Waals surface area contributed by atoms with Gasteiger partial charge in [-0.2, -0.15) is 0 Å². The standard InChI is InChI=1S/C14H16F3NO2/c1-8-4-10(14(19)20)2-3-18(8)7-9-5-11(15)13(17)12(16)6-9/h5-6,8,10H,2-4,7H2,1H3,(H,19,20). The van der Waals surface area contributed by atoms with E-state index in [1.165, 1.54) is 0 Å². The van der Waals surface area contributed by atoms with Gasteiger partial charge < -0.3 is 5.11 Å². The summed E-state index contributed by atoms with van der Waals surface area (Å²) in [6.45, 7) is 2.70. The molecule has 110 valence electrons. The van der Waals surface area contributed by atoms with Crippen LogP contribution < -0.4 is 0 Å². The molecule has 1 aromatic carbocycles. The minimum absolute atomic E-state index is 0.000950. The second-order valence-corrected chi connectivity index (χ2v) is 5.25. The summed E-state index contributed by atoms with van der Waals surface area (Å²) in [5.74, 6) is -5.05. The van der Waals surface area contributed by atoms with Crippen molar-refractivity contribution in [3.63, 3.8) is 0 Å². The van der Waals surface area contributed by atoms with E-state index in [1.807, 2.05) is 11.8 Å². The van der Waals surface area contributed by atoms with Crippen molar-refractivity contribution >= 4 is 5.97 Å². The first kappa shape index (κ1) is 14.8. The number of carboxylic acid groups (broad SMARTS) is 1. The molecule has 6 heteroatoms. The van der Waals surface area contributed by atoms with Crippen LogP contribution in [0.1, 0.15) is 25.3 Å². The van der Waals surface area contributed by atoms with E-state index in [9.17, 15) is 18.0 Å². The number of halogens is 3. The minimum Gasteiger partial charge on any atom is -0.481 e. The highest BCUT2D eigenvalue weighted by Crippen LogP contribution is 2.25. The van der Waals surface area contributed by atoms with Crippen molar-refractivity contribution in [3.05, 3.63) is 35.1 Å². The lowest BCUT2D eigenvalue weighted by atomic mass is 9.91. The quantitative estimate of drug-likeness (QED) is 0.869. The fourth-order valence-corrected chi connectivity index (χ4v) is 2.61. The molecule has 0 saturated carbocycles. The molecule has 20 heavy (non-hydrogen) atoms. The Hall–Kier alpha value is -1.56. The molecular weight excluding hydrogens is 271 g/mol. The first-order chi connectivity index (χ1) is 9.38. The first-order valence-corrected chi connectivity index (χ1v) is 6.48. The number of nitrogens with zero attached hydrogens (tertiary/aromatic N) is 1. The lowest BCUT2D eigenvalue weighted by molar-refractivity contribution is -0.144. The van der Waals surface area contributed by atoms with Gasteiger partial charge in [0.1, 0.15) is 0 Å². The van der Waals surface area contributed by atoms with Gasteiger partial charge in [-0.15, -0.1) is 0 Å². The first-order valence-electron chi connectivity index (χ1n) is 6.48. The largest absolute Gasteiger partial charge is 0.481 e. The van der Waals surface area contributed by atoms with E-state index in [1.54, 1.807) is 0 Å². The third kappa shape index (κ3) is 3.12. The van der Waals surface area contributed by atoms with Gasteiger partial charge in [0.25, 0.3) is 0 Å². The Labute approximate surface area is 115 Å². The van der Waals surface area contributed by atoms with E-state index in [4.69, 9.17) is 5.11 Å². The third-order valence-electron chi connectivity index (χ3n) is 3.79. The summed E-state index contributed by atoms with van der Waals surface area (Å²) in [5, 5.41) is 8.98. The molecule has 1 heterocycles. The number of hydrogen-bond donors (Lipinski definition) is 1. The van der Waals surface area contributed by atoms with Crippen molar-refractivity contribution in [2.45, 2.75) is 32.4 Å². The van der Waals surface area contributed by atoms with Gasteiger partial charge in [-0.25, -0.2) is 13.2 Å². The average molecular weight is 287 g/mol. The van der Waals surface area contributed by atoms with Gasteiger partial charge in [-0.1, -0.05) is 0 Å². The van der Waals surface area contributed by atoms with Crippen molar-refractivity contribution in [1.29, 1.82) is 0 Å². The average Bonchev–Trinajstić information content (AvgIpc) is 2.38. The maximum atomic E-state index is 13.1. The second-order valence-electron chi connectivity index (χ2n) is 5.25. The molecule has 0 spiro atoms. The van der Waals surface area contributed by atoms with Gasteiger partial charge in [-0.05, 0) is 44.0 Å². The Kier molecular flexibility index (Phi) is 4.32. The molecular formula is C14H16F3NO2. The number of carbonyl (C=O) groups is 1. The molecule has 1 aliphatic heterocycles. The van der Waals surface area contributed by atoms with Gasteiger partial charge in [0.15, 0.2) is 17.5 Å². The van der Waals surface area contributed by atoms with Gasteiger partial charge >= 0.3 is 5.97 Å². The molecule has 0 radical (unpaired) electrons. The fourth-order valence-electron chi connectivity index (χ4n) is 2.61. The Morgan fingerprint density at radius 1 is 1.35 bits per heavy atom. The topological polar surface area (TPSA) is 40.5 Å². The van der Waals surface area contributed by atoms with Crippen LogP contribution in [0.3, 0.4) is 0 Å². The van der Waals surface area contributed by atoms with Crippen molar-refractivity contribution in [2.24, 2.45) is 5.92 Å². The SMILES string of the molecule is CC1CC(C(=O)O)CCN1Cc1cc(F)c(F)c(F)c1. The van der Waals surface area contributed by atoms with Crippen molar-refractivity contribution in [2.75, 3.05) is 6.54 Å². The van der Waals surface area contributed by atoms with Crippen LogP contribution in [0.2, 0.25) is 0 Å². The smallest absolute Gasteiger partial charge is 0.306 e. The van der Waals surface area contributed by atoms with Crippen molar-refractivity contribution in [1.82, 2.24) is 4.90 Å². The summed E-state index contributed by atoms with van der Waals surface area (Å²) in [4.78, 5) is 12.9. The van der Waals surface area contributed by atoms with E-state index in [0.29, 0.717) is 24.9 Å². The van der Waals surface area contributed by atoms with Crippen LogP contribution >= 0.6 is 0 Å². The number of carboxylic acids is 1. The number of piperidine rings is 1. The van der Waals surface area contributed by atoms with E-state index in [2.05, 4.69) is 0 Å². The van der Waals surface area contributed by atoms with Crippen molar-refractivity contribution in [3.8, 4) is 0 Å². The molecule has 1 aromatic rings. The second kappa shape index (κ2) is 5.83. The van der Waals surface area contributed by atoms with E-state index < -0.39 is 23.4 Å². The highest BCUT2D eigenvalue weighted by atomic mass is 19.2. The fraction of sp³-hybridized carbons (Fsp3) is 0.500. The highest BCUT2D eigenvalue weighted by molar-refractivity contribution is 5.70. The lowest BCUT2D eigenvalue weighted by Gasteiger charge is -2.36. The summed E-state index contributed by atoms with van der Waals surface area (Å²) in [5.41, 5.74) is 0.349. The maximum Gasteiger partial charge on any atom is 0.306 e. The number of aliphatic carboxylic acids is 1. The van der Waals surface area contributed by atoms with Gasteiger partial charge in [-0.3, -0.25) is 9.69 Å². The van der Waals surface area contributed by atoms with Crippen LogP contribution in [0.25, 0.3) is 0 Å². The third-order valence-corrected chi connectivity index (χ3v) is 3.79. The molecule has 1 fully saturated rings. The normalized spacial score (nSPS) is 23.8. The number of likely N-dealkylation sites (tertiary alicyclic amines) is 1. The monoisotopic (exact) mass is 287 g/mol. The molecule has 1 N–H and O–H groups in total. The molecule has 2 atom stereocenters. The number of benzene rings is 1. The molecule has 0 aliphatic carbocycles. The Morgan fingerprint density at radius 2 is 1.95 bits per heavy atom. The van der Waals surface area contributed by atoms with Crippen LogP contribution in [-0.4, -0.2) is 28.6 Å². The van der Waals surface area contributed by atoms with Crippen LogP contribution in [0, 0.1) is 23.4 Å². The summed E-state index contributed by atoms with van der Waals surface area (Å²) >= 11 is 0. The zero-order valence-electron chi connectivity index (χ0n) is 11.1. The predicted molar refractivity (Wildman–Crippen MR) is 66.5 cm³/mol. The van der Waals surface area contributed by atoms with Gasteiger partial charge in [0.2, 0.25) is 0 Å². The van der Waals surface area contributed by atoms with Crippen LogP contribution in [0.15, 0.2) is 12.1 Å². The predicted octanol–water partition coefficient (Wildman–Crippen LogP) is 2.79. The van der Waals surface area contributed by atoms with Crippen LogP contribution in [0.4, 0.5) is 13.2 Å². The van der Waals surface area contributed by atoms with Gasteiger partial charge in [0, 0.05) is 12.6 Å². The molecule has 2 rings (SSSR count). The highest BCUT2D eigenvalue weighted by Gasteiger charge is 2.29. The number of hydrogen-bond acceptors (Lipinski definition) is 2. The molecule has 1 saturated heterocycles. The Morgan fingerprint density at radius 3 is 2.45 bits per heavy atom. The molecule has 0 bridgehead atoms. The van der Waals surface area contributed by atoms with E-state index >= 15 is 0 Å². The summed E-state index contributed by atoms with van der Waals surface area (Å²) in [7, 11) is 0. The zero-order chi connectivity index (χ0) is 14.9. The van der Waals surface area contributed by atoms with Crippen LogP contribution in [0.5, 0.6) is 0 Å². The molecule has 0 aromatic heterocycles. The minimum atomic E-state index is -1.47. The lowest BCUT2D eigenvalue weighted by Crippen LogP contribution is -2.42. The Bertz CT molecular complexity index is 498. The molecule has 2 unspecified atom stereocenters. The van der Waals surface area contributed by atoms with E-state index in [0.717, 1.165) is 12.1 Å². The summed E-state index contributed by atoms with van der Waals surface area (Å²) in [6.07, 6.45) is 1.01. The zero-order valence-corrected chi connectivity index (χ0v) is 11.1. The molecule has 0 amide bonds. The number of rotatable bonds is 3. The van der Waals surface area contributed by atoms with Crippen LogP contribution in [-0.2, 0) is 11.3 Å². The van der Waals surface area contributed by atoms with E-state index in [-0.39, 0.29) is 18.5 Å². The maximum absolute atomic E-state index is 13.1. The molecule has 1 aliphatic rings. The summed E-state index contributed by atoms with van der Waals surface area (Å²) < 4.78 is 39.2. The van der Waals surface area contributed by atoms with Crippen molar-refractivity contribution < 1.29 is 23.1 Å². The Balaban J connectivity index is 2.06. The van der Waals surface area contributed by atoms with Gasteiger partial charge in [0.05, 0.1) is 5.92 Å².